The van der Waals surface area contributed by atoms with Crippen molar-refractivity contribution in [1.82, 2.24) is 4.98 Å². The molecule has 1 aliphatic heterocycles. The maximum Gasteiger partial charge on any atom is 0.227 e. The summed E-state index contributed by atoms with van der Waals surface area (Å²) >= 11 is 0. The Balaban J connectivity index is 1.82. The average molecular weight is 293 g/mol. The molecule has 0 unspecified atom stereocenters. The fraction of sp³-hybridized carbons (Fsp3) is 0.333. The van der Waals surface area contributed by atoms with Crippen molar-refractivity contribution >= 4 is 17.3 Å². The van der Waals surface area contributed by atoms with Gasteiger partial charge in [0.15, 0.2) is 0 Å². The molecule has 0 radical (unpaired) electrons. The highest BCUT2D eigenvalue weighted by Crippen LogP contribution is 2.41. The van der Waals surface area contributed by atoms with E-state index in [1.54, 1.807) is 0 Å². The number of rotatable bonds is 2. The number of hydrogen-bond acceptors (Lipinski definition) is 3. The molecule has 4 nitrogen and oxygen atoms in total. The normalized spacial score (nSPS) is 17.5. The quantitative estimate of drug-likeness (QED) is 0.866. The summed E-state index contributed by atoms with van der Waals surface area (Å²) in [5.41, 5.74) is 12.4. The molecule has 112 valence electrons. The Labute approximate surface area is 130 Å². The minimum Gasteiger partial charge on any atom is -0.398 e. The Morgan fingerprint density at radius 3 is 2.77 bits per heavy atom. The Bertz CT molecular complexity index is 765. The number of amides is 1. The van der Waals surface area contributed by atoms with Crippen molar-refractivity contribution in [3.63, 3.8) is 0 Å². The molecule has 2 N–H and O–H groups in total. The predicted molar refractivity (Wildman–Crippen MR) is 87.7 cm³/mol. The van der Waals surface area contributed by atoms with Gasteiger partial charge in [-0.1, -0.05) is 0 Å². The SMILES string of the molecule is Cc1cc(-c2cc3c(cc2N)N(C2CC2)C(=O)CC3)ccn1. The molecular weight excluding hydrogens is 274 g/mol. The van der Waals surface area contributed by atoms with Crippen LogP contribution in [0.5, 0.6) is 0 Å². The molecule has 1 saturated carbocycles. The highest BCUT2D eigenvalue weighted by molar-refractivity contribution is 5.99. The van der Waals surface area contributed by atoms with Gasteiger partial charge in [0.25, 0.3) is 0 Å². The molecule has 0 spiro atoms. The third-order valence-corrected chi connectivity index (χ3v) is 4.51. The standard InChI is InChI=1S/C18H19N3O/c1-11-8-12(6-7-20-11)15-9-13-2-5-18(22)21(14-3-4-14)17(13)10-16(15)19/h6-10,14H,2-5,19H2,1H3. The van der Waals surface area contributed by atoms with Crippen LogP contribution in [0.15, 0.2) is 30.5 Å². The van der Waals surface area contributed by atoms with Gasteiger partial charge in [0.1, 0.15) is 0 Å². The Hall–Kier alpha value is -2.36. The summed E-state index contributed by atoms with van der Waals surface area (Å²) in [5, 5.41) is 0. The van der Waals surface area contributed by atoms with E-state index in [1.165, 1.54) is 5.56 Å². The first-order chi connectivity index (χ1) is 10.6. The number of pyridine rings is 1. The van der Waals surface area contributed by atoms with Crippen LogP contribution in [0.4, 0.5) is 11.4 Å². The van der Waals surface area contributed by atoms with Crippen LogP contribution in [0, 0.1) is 6.92 Å². The van der Waals surface area contributed by atoms with E-state index >= 15 is 0 Å². The van der Waals surface area contributed by atoms with E-state index in [9.17, 15) is 4.79 Å². The second-order valence-corrected chi connectivity index (χ2v) is 6.25. The number of carbonyl (C=O) groups excluding carboxylic acids is 1. The predicted octanol–water partition coefficient (Wildman–Crippen LogP) is 3.08. The number of fused-ring (bicyclic) bond motifs is 1. The Kier molecular flexibility index (Phi) is 2.93. The van der Waals surface area contributed by atoms with E-state index in [1.807, 2.05) is 36.2 Å². The molecule has 1 fully saturated rings. The molecule has 22 heavy (non-hydrogen) atoms. The second-order valence-electron chi connectivity index (χ2n) is 6.25. The number of benzene rings is 1. The maximum atomic E-state index is 12.2. The molecule has 0 bridgehead atoms. The van der Waals surface area contributed by atoms with E-state index < -0.39 is 0 Å². The first-order valence-corrected chi connectivity index (χ1v) is 7.81. The summed E-state index contributed by atoms with van der Waals surface area (Å²) in [4.78, 5) is 18.4. The number of aromatic nitrogens is 1. The van der Waals surface area contributed by atoms with Crippen LogP contribution >= 0.6 is 0 Å². The number of hydrogen-bond donors (Lipinski definition) is 1. The van der Waals surface area contributed by atoms with Crippen molar-refractivity contribution in [2.75, 3.05) is 10.6 Å². The van der Waals surface area contributed by atoms with Crippen molar-refractivity contribution in [1.29, 1.82) is 0 Å². The molecule has 1 aromatic heterocycles. The molecule has 0 saturated heterocycles. The van der Waals surface area contributed by atoms with Crippen molar-refractivity contribution in [3.05, 3.63) is 41.7 Å². The van der Waals surface area contributed by atoms with Gasteiger partial charge >= 0.3 is 0 Å². The van der Waals surface area contributed by atoms with Crippen molar-refractivity contribution in [2.24, 2.45) is 0 Å². The van der Waals surface area contributed by atoms with Gasteiger partial charge in [-0.25, -0.2) is 0 Å². The smallest absolute Gasteiger partial charge is 0.227 e. The van der Waals surface area contributed by atoms with Gasteiger partial charge in [-0.05, 0) is 61.6 Å². The lowest BCUT2D eigenvalue weighted by molar-refractivity contribution is -0.119. The lowest BCUT2D eigenvalue weighted by atomic mass is 9.94. The number of nitrogens with zero attached hydrogens (tertiary/aromatic N) is 2. The van der Waals surface area contributed by atoms with E-state index in [0.717, 1.165) is 47.5 Å². The third kappa shape index (κ3) is 2.15. The average Bonchev–Trinajstić information content (AvgIpc) is 3.31. The van der Waals surface area contributed by atoms with Crippen molar-refractivity contribution < 1.29 is 4.79 Å². The summed E-state index contributed by atoms with van der Waals surface area (Å²) in [6.07, 6.45) is 5.42. The van der Waals surface area contributed by atoms with Crippen LogP contribution in [-0.2, 0) is 11.2 Å². The number of nitrogen functional groups attached to an aromatic ring is 1. The highest BCUT2D eigenvalue weighted by atomic mass is 16.2. The topological polar surface area (TPSA) is 59.2 Å². The summed E-state index contributed by atoms with van der Waals surface area (Å²) in [6, 6.07) is 8.56. The van der Waals surface area contributed by atoms with E-state index in [4.69, 9.17) is 5.73 Å². The fourth-order valence-electron chi connectivity index (χ4n) is 3.27. The van der Waals surface area contributed by atoms with Crippen LogP contribution in [0.1, 0.15) is 30.5 Å². The number of nitrogens with two attached hydrogens (primary N) is 1. The number of aryl methyl sites for hydroxylation is 2. The minimum atomic E-state index is 0.238. The zero-order chi connectivity index (χ0) is 15.3. The molecule has 2 aromatic rings. The summed E-state index contributed by atoms with van der Waals surface area (Å²) in [7, 11) is 0. The van der Waals surface area contributed by atoms with Crippen LogP contribution in [0.2, 0.25) is 0 Å². The monoisotopic (exact) mass is 293 g/mol. The first-order valence-electron chi connectivity index (χ1n) is 7.81. The molecule has 1 aromatic carbocycles. The van der Waals surface area contributed by atoms with Crippen LogP contribution < -0.4 is 10.6 Å². The minimum absolute atomic E-state index is 0.238. The van der Waals surface area contributed by atoms with Crippen LogP contribution in [0.3, 0.4) is 0 Å². The molecule has 0 atom stereocenters. The summed E-state index contributed by atoms with van der Waals surface area (Å²) in [6.45, 7) is 1.98. The van der Waals surface area contributed by atoms with Gasteiger partial charge in [-0.2, -0.15) is 0 Å². The van der Waals surface area contributed by atoms with Crippen molar-refractivity contribution in [3.8, 4) is 11.1 Å². The Morgan fingerprint density at radius 2 is 2.05 bits per heavy atom. The lowest BCUT2D eigenvalue weighted by Crippen LogP contribution is -2.37. The molecular formula is C18H19N3O. The molecule has 2 heterocycles. The molecule has 2 aliphatic rings. The van der Waals surface area contributed by atoms with Gasteiger partial charge < -0.3 is 10.6 Å². The molecule has 4 heteroatoms. The third-order valence-electron chi connectivity index (χ3n) is 4.51. The zero-order valence-corrected chi connectivity index (χ0v) is 12.7. The van der Waals surface area contributed by atoms with E-state index in [2.05, 4.69) is 11.1 Å². The van der Waals surface area contributed by atoms with Gasteiger partial charge in [0, 0.05) is 41.3 Å². The van der Waals surface area contributed by atoms with E-state index in [-0.39, 0.29) is 5.91 Å². The molecule has 4 rings (SSSR count). The van der Waals surface area contributed by atoms with Gasteiger partial charge in [0.05, 0.1) is 0 Å². The summed E-state index contributed by atoms with van der Waals surface area (Å²) in [5.74, 6) is 0.238. The first kappa shape index (κ1) is 13.3. The summed E-state index contributed by atoms with van der Waals surface area (Å²) < 4.78 is 0. The molecule has 1 aliphatic carbocycles. The van der Waals surface area contributed by atoms with Gasteiger partial charge in [-0.15, -0.1) is 0 Å². The Morgan fingerprint density at radius 1 is 1.23 bits per heavy atom. The fourth-order valence-corrected chi connectivity index (χ4v) is 3.27. The maximum absolute atomic E-state index is 12.2. The largest absolute Gasteiger partial charge is 0.398 e. The second kappa shape index (κ2) is 4.83. The molecule has 1 amide bonds. The number of carbonyl (C=O) groups is 1. The van der Waals surface area contributed by atoms with Crippen LogP contribution in [0.25, 0.3) is 11.1 Å². The number of anilines is 2. The lowest BCUT2D eigenvalue weighted by Gasteiger charge is -2.30. The van der Waals surface area contributed by atoms with E-state index in [0.29, 0.717) is 12.5 Å². The van der Waals surface area contributed by atoms with Gasteiger partial charge in [-0.3, -0.25) is 9.78 Å². The van der Waals surface area contributed by atoms with Gasteiger partial charge in [0.2, 0.25) is 5.91 Å². The van der Waals surface area contributed by atoms with Crippen LogP contribution in [-0.4, -0.2) is 16.9 Å². The van der Waals surface area contributed by atoms with Crippen molar-refractivity contribution in [2.45, 2.75) is 38.6 Å². The highest BCUT2D eigenvalue weighted by Gasteiger charge is 2.37. The zero-order valence-electron chi connectivity index (χ0n) is 12.7.